The zero-order chi connectivity index (χ0) is 16.9. The van der Waals surface area contributed by atoms with Crippen LogP contribution in [0.1, 0.15) is 32.7 Å². The molecule has 0 bridgehead atoms. The molecular weight excluding hydrogens is 302 g/mol. The standard InChI is InChI=1S/C20H19NO3/c1-2-16(24-14-15-8-4-3-5-9-15)12-13-21-19(22)17-10-6-7-11-18(17)20(21)23/h2-11,16H,1,12-14H2. The maximum Gasteiger partial charge on any atom is 0.261 e. The van der Waals surface area contributed by atoms with E-state index in [9.17, 15) is 9.59 Å². The lowest BCUT2D eigenvalue weighted by Crippen LogP contribution is -2.32. The van der Waals surface area contributed by atoms with E-state index >= 15 is 0 Å². The number of amides is 2. The minimum absolute atomic E-state index is 0.213. The van der Waals surface area contributed by atoms with Gasteiger partial charge in [-0.15, -0.1) is 6.58 Å². The van der Waals surface area contributed by atoms with Gasteiger partial charge in [0, 0.05) is 6.54 Å². The molecule has 1 atom stereocenters. The van der Waals surface area contributed by atoms with Crippen molar-refractivity contribution >= 4 is 11.8 Å². The number of nitrogens with zero attached hydrogens (tertiary/aromatic N) is 1. The number of benzene rings is 2. The van der Waals surface area contributed by atoms with Crippen molar-refractivity contribution < 1.29 is 14.3 Å². The highest BCUT2D eigenvalue weighted by molar-refractivity contribution is 6.21. The molecule has 1 heterocycles. The van der Waals surface area contributed by atoms with E-state index < -0.39 is 0 Å². The van der Waals surface area contributed by atoms with E-state index in [1.807, 2.05) is 30.3 Å². The first kappa shape index (κ1) is 16.1. The van der Waals surface area contributed by atoms with Crippen LogP contribution in [0, 0.1) is 0 Å². The summed E-state index contributed by atoms with van der Waals surface area (Å²) in [5.74, 6) is -0.469. The molecular formula is C20H19NO3. The van der Waals surface area contributed by atoms with E-state index in [1.165, 1.54) is 4.90 Å². The largest absolute Gasteiger partial charge is 0.369 e. The first-order chi connectivity index (χ1) is 11.7. The van der Waals surface area contributed by atoms with Gasteiger partial charge in [0.25, 0.3) is 11.8 Å². The molecule has 0 spiro atoms. The van der Waals surface area contributed by atoms with Crippen molar-refractivity contribution in [2.45, 2.75) is 19.1 Å². The summed E-state index contributed by atoms with van der Waals surface area (Å²) >= 11 is 0. The van der Waals surface area contributed by atoms with Gasteiger partial charge in [-0.1, -0.05) is 48.5 Å². The Bertz CT molecular complexity index is 719. The number of carbonyl (C=O) groups excluding carboxylic acids is 2. The molecule has 1 unspecified atom stereocenters. The monoisotopic (exact) mass is 321 g/mol. The highest BCUT2D eigenvalue weighted by Gasteiger charge is 2.34. The highest BCUT2D eigenvalue weighted by Crippen LogP contribution is 2.23. The maximum absolute atomic E-state index is 12.3. The highest BCUT2D eigenvalue weighted by atomic mass is 16.5. The fraction of sp³-hybridized carbons (Fsp3) is 0.200. The molecule has 0 aromatic heterocycles. The van der Waals surface area contributed by atoms with Crippen LogP contribution in [0.15, 0.2) is 67.3 Å². The molecule has 4 heteroatoms. The smallest absolute Gasteiger partial charge is 0.261 e. The van der Waals surface area contributed by atoms with Crippen LogP contribution in [0.4, 0.5) is 0 Å². The molecule has 0 saturated carbocycles. The van der Waals surface area contributed by atoms with Gasteiger partial charge in [-0.3, -0.25) is 14.5 Å². The van der Waals surface area contributed by atoms with Crippen LogP contribution in [0.3, 0.4) is 0 Å². The topological polar surface area (TPSA) is 46.6 Å². The lowest BCUT2D eigenvalue weighted by atomic mass is 10.1. The summed E-state index contributed by atoms with van der Waals surface area (Å²) in [5, 5.41) is 0. The minimum atomic E-state index is -0.235. The van der Waals surface area contributed by atoms with E-state index in [4.69, 9.17) is 4.74 Å². The normalized spacial score (nSPS) is 14.6. The molecule has 2 aromatic carbocycles. The molecule has 0 aliphatic carbocycles. The maximum atomic E-state index is 12.3. The van der Waals surface area contributed by atoms with Crippen molar-refractivity contribution in [3.8, 4) is 0 Å². The zero-order valence-electron chi connectivity index (χ0n) is 13.4. The number of hydrogen-bond acceptors (Lipinski definition) is 3. The lowest BCUT2D eigenvalue weighted by molar-refractivity contribution is 0.0500. The quantitative estimate of drug-likeness (QED) is 0.580. The third-order valence-electron chi connectivity index (χ3n) is 4.09. The average Bonchev–Trinajstić information content (AvgIpc) is 2.87. The Labute approximate surface area is 141 Å². The molecule has 0 fully saturated rings. The van der Waals surface area contributed by atoms with Gasteiger partial charge in [-0.05, 0) is 24.1 Å². The van der Waals surface area contributed by atoms with Crippen molar-refractivity contribution in [2.24, 2.45) is 0 Å². The third kappa shape index (κ3) is 3.29. The fourth-order valence-corrected chi connectivity index (χ4v) is 2.75. The van der Waals surface area contributed by atoms with Gasteiger partial charge in [0.15, 0.2) is 0 Å². The van der Waals surface area contributed by atoms with E-state index in [0.29, 0.717) is 30.7 Å². The van der Waals surface area contributed by atoms with Gasteiger partial charge in [-0.2, -0.15) is 0 Å². The van der Waals surface area contributed by atoms with E-state index in [1.54, 1.807) is 30.3 Å². The van der Waals surface area contributed by atoms with Crippen LogP contribution < -0.4 is 0 Å². The fourth-order valence-electron chi connectivity index (χ4n) is 2.75. The third-order valence-corrected chi connectivity index (χ3v) is 4.09. The van der Waals surface area contributed by atoms with Crippen molar-refractivity contribution in [2.75, 3.05) is 6.54 Å². The van der Waals surface area contributed by atoms with E-state index in [0.717, 1.165) is 5.56 Å². The van der Waals surface area contributed by atoms with Crippen LogP contribution in [0.5, 0.6) is 0 Å². The molecule has 4 nitrogen and oxygen atoms in total. The number of rotatable bonds is 7. The van der Waals surface area contributed by atoms with Crippen molar-refractivity contribution in [1.29, 1.82) is 0 Å². The van der Waals surface area contributed by atoms with Crippen LogP contribution in [0.25, 0.3) is 0 Å². The molecule has 24 heavy (non-hydrogen) atoms. The van der Waals surface area contributed by atoms with Gasteiger partial charge in [0.2, 0.25) is 0 Å². The lowest BCUT2D eigenvalue weighted by Gasteiger charge is -2.18. The molecule has 0 saturated heterocycles. The predicted octanol–water partition coefficient (Wildman–Crippen LogP) is 3.44. The molecule has 1 aliphatic rings. The molecule has 0 radical (unpaired) electrons. The second-order valence-electron chi connectivity index (χ2n) is 5.67. The van der Waals surface area contributed by atoms with Crippen LogP contribution in [-0.4, -0.2) is 29.4 Å². The molecule has 122 valence electrons. The SMILES string of the molecule is C=CC(CCN1C(=O)c2ccccc2C1=O)OCc1ccccc1. The van der Waals surface area contributed by atoms with Crippen molar-refractivity contribution in [3.05, 3.63) is 83.9 Å². The number of fused-ring (bicyclic) bond motifs is 1. The Morgan fingerprint density at radius 3 is 2.12 bits per heavy atom. The number of carbonyl (C=O) groups is 2. The summed E-state index contributed by atoms with van der Waals surface area (Å²) in [6.07, 6.45) is 2.03. The van der Waals surface area contributed by atoms with Crippen molar-refractivity contribution in [3.63, 3.8) is 0 Å². The second-order valence-corrected chi connectivity index (χ2v) is 5.67. The summed E-state index contributed by atoms with van der Waals surface area (Å²) in [4.78, 5) is 25.9. The zero-order valence-corrected chi connectivity index (χ0v) is 13.4. The molecule has 1 aliphatic heterocycles. The number of hydrogen-bond donors (Lipinski definition) is 0. The number of ether oxygens (including phenoxy) is 1. The first-order valence-corrected chi connectivity index (χ1v) is 7.94. The summed E-state index contributed by atoms with van der Waals surface area (Å²) < 4.78 is 5.82. The van der Waals surface area contributed by atoms with Gasteiger partial charge >= 0.3 is 0 Å². The minimum Gasteiger partial charge on any atom is -0.369 e. The number of imide groups is 1. The molecule has 2 aromatic rings. The van der Waals surface area contributed by atoms with Crippen molar-refractivity contribution in [1.82, 2.24) is 4.90 Å². The van der Waals surface area contributed by atoms with Gasteiger partial charge in [-0.25, -0.2) is 0 Å². The Kier molecular flexibility index (Phi) is 4.87. The molecule has 2 amide bonds. The van der Waals surface area contributed by atoms with Gasteiger partial charge in [0.1, 0.15) is 0 Å². The molecule has 0 N–H and O–H groups in total. The Morgan fingerprint density at radius 1 is 0.958 bits per heavy atom. The van der Waals surface area contributed by atoms with Crippen LogP contribution >= 0.6 is 0 Å². The summed E-state index contributed by atoms with van der Waals surface area (Å²) in [5.41, 5.74) is 2.02. The van der Waals surface area contributed by atoms with E-state index in [2.05, 4.69) is 6.58 Å². The summed E-state index contributed by atoms with van der Waals surface area (Å²) in [6.45, 7) is 4.57. The van der Waals surface area contributed by atoms with Crippen LogP contribution in [-0.2, 0) is 11.3 Å². The van der Waals surface area contributed by atoms with Gasteiger partial charge < -0.3 is 4.74 Å². The summed E-state index contributed by atoms with van der Waals surface area (Å²) in [7, 11) is 0. The first-order valence-electron chi connectivity index (χ1n) is 7.94. The van der Waals surface area contributed by atoms with Crippen LogP contribution in [0.2, 0.25) is 0 Å². The predicted molar refractivity (Wildman–Crippen MR) is 91.6 cm³/mol. The second kappa shape index (κ2) is 7.23. The Morgan fingerprint density at radius 2 is 1.54 bits per heavy atom. The Hall–Kier alpha value is -2.72. The van der Waals surface area contributed by atoms with E-state index in [-0.39, 0.29) is 17.9 Å². The van der Waals surface area contributed by atoms with Gasteiger partial charge in [0.05, 0.1) is 23.8 Å². The Balaban J connectivity index is 1.57. The molecule has 3 rings (SSSR count). The summed E-state index contributed by atoms with van der Waals surface area (Å²) in [6, 6.07) is 16.8. The average molecular weight is 321 g/mol.